The Morgan fingerprint density at radius 2 is 1.61 bits per heavy atom. The van der Waals surface area contributed by atoms with Crippen LogP contribution < -0.4 is 9.47 Å². The third-order valence-corrected chi connectivity index (χ3v) is 5.17. The third-order valence-electron chi connectivity index (χ3n) is 5.17. The van der Waals surface area contributed by atoms with Gasteiger partial charge in [-0.1, -0.05) is 44.5 Å². The van der Waals surface area contributed by atoms with Gasteiger partial charge in [0.1, 0.15) is 6.61 Å². The normalized spacial score (nSPS) is 19.4. The van der Waals surface area contributed by atoms with Gasteiger partial charge in [0.15, 0.2) is 11.5 Å². The molecule has 1 fully saturated rings. The summed E-state index contributed by atoms with van der Waals surface area (Å²) in [6.07, 6.45) is 4.24. The van der Waals surface area contributed by atoms with E-state index in [0.29, 0.717) is 12.5 Å². The van der Waals surface area contributed by atoms with Crippen molar-refractivity contribution in [2.24, 2.45) is 5.92 Å². The fourth-order valence-corrected chi connectivity index (χ4v) is 3.33. The van der Waals surface area contributed by atoms with Crippen molar-refractivity contribution < 1.29 is 23.0 Å². The van der Waals surface area contributed by atoms with Gasteiger partial charge in [0, 0.05) is 0 Å². The first kappa shape index (κ1) is 20.6. The average Bonchev–Trinajstić information content (AvgIpc) is 2.74. The molecule has 0 bridgehead atoms. The summed E-state index contributed by atoms with van der Waals surface area (Å²) in [5.41, 5.74) is 2.03. The third kappa shape index (κ3) is 5.02. The summed E-state index contributed by atoms with van der Waals surface area (Å²) in [5.74, 6) is -1.58. The molecule has 0 radical (unpaired) electrons. The molecule has 3 nitrogen and oxygen atoms in total. The Bertz CT molecular complexity index is 753. The van der Waals surface area contributed by atoms with Crippen molar-refractivity contribution in [3.63, 3.8) is 0 Å². The molecule has 28 heavy (non-hydrogen) atoms. The maximum Gasteiger partial charge on any atom is 0.204 e. The molecule has 2 atom stereocenters. The molecule has 0 aromatic heterocycles. The second-order valence-electron chi connectivity index (χ2n) is 7.24. The van der Waals surface area contributed by atoms with Crippen LogP contribution in [-0.2, 0) is 11.3 Å². The molecule has 1 aliphatic heterocycles. The fraction of sp³-hybridized carbons (Fsp3) is 0.478. The minimum atomic E-state index is -1.02. The molecule has 1 aliphatic rings. The van der Waals surface area contributed by atoms with Crippen molar-refractivity contribution in [3.8, 4) is 11.5 Å². The number of ether oxygens (including phenoxy) is 3. The largest absolute Gasteiger partial charge is 0.490 e. The van der Waals surface area contributed by atoms with Crippen LogP contribution in [0.2, 0.25) is 0 Å². The highest BCUT2D eigenvalue weighted by Gasteiger charge is 2.21. The van der Waals surface area contributed by atoms with Crippen molar-refractivity contribution in [2.45, 2.75) is 52.2 Å². The summed E-state index contributed by atoms with van der Waals surface area (Å²) in [6, 6.07) is 10.7. The molecular formula is C23H28F2O3. The van der Waals surface area contributed by atoms with Crippen LogP contribution in [0, 0.1) is 17.6 Å². The summed E-state index contributed by atoms with van der Waals surface area (Å²) in [5, 5.41) is 0. The molecule has 0 amide bonds. The zero-order valence-electron chi connectivity index (χ0n) is 16.5. The summed E-state index contributed by atoms with van der Waals surface area (Å²) in [7, 11) is 0. The lowest BCUT2D eigenvalue weighted by atomic mass is 9.93. The van der Waals surface area contributed by atoms with Gasteiger partial charge in [-0.3, -0.25) is 0 Å². The van der Waals surface area contributed by atoms with E-state index in [-0.39, 0.29) is 24.2 Å². The van der Waals surface area contributed by atoms with Crippen LogP contribution in [0.3, 0.4) is 0 Å². The fourth-order valence-electron chi connectivity index (χ4n) is 3.33. The Balaban J connectivity index is 1.57. The smallest absolute Gasteiger partial charge is 0.204 e. The molecule has 2 aromatic carbocycles. The topological polar surface area (TPSA) is 27.7 Å². The highest BCUT2D eigenvalue weighted by Crippen LogP contribution is 2.32. The number of hydrogen-bond acceptors (Lipinski definition) is 3. The zero-order chi connectivity index (χ0) is 19.9. The molecule has 0 N–H and O–H groups in total. The molecule has 0 aliphatic carbocycles. The van der Waals surface area contributed by atoms with E-state index < -0.39 is 11.6 Å². The minimum Gasteiger partial charge on any atom is -0.490 e. The molecule has 152 valence electrons. The Morgan fingerprint density at radius 1 is 0.929 bits per heavy atom. The van der Waals surface area contributed by atoms with Crippen LogP contribution >= 0.6 is 0 Å². The highest BCUT2D eigenvalue weighted by molar-refractivity contribution is 5.35. The van der Waals surface area contributed by atoms with Crippen LogP contribution in [0.5, 0.6) is 11.5 Å². The maximum atomic E-state index is 14.2. The van der Waals surface area contributed by atoms with E-state index in [1.807, 2.05) is 31.2 Å². The molecule has 0 saturated carbocycles. The second-order valence-corrected chi connectivity index (χ2v) is 7.24. The lowest BCUT2D eigenvalue weighted by molar-refractivity contribution is -0.0181. The van der Waals surface area contributed by atoms with Gasteiger partial charge in [0.25, 0.3) is 0 Å². The first-order chi connectivity index (χ1) is 13.6. The highest BCUT2D eigenvalue weighted by atomic mass is 19.2. The van der Waals surface area contributed by atoms with E-state index in [1.165, 1.54) is 18.6 Å². The Morgan fingerprint density at radius 3 is 2.18 bits per heavy atom. The predicted molar refractivity (Wildman–Crippen MR) is 105 cm³/mol. The van der Waals surface area contributed by atoms with E-state index in [9.17, 15) is 8.78 Å². The molecule has 1 saturated heterocycles. The summed E-state index contributed by atoms with van der Waals surface area (Å²) in [4.78, 5) is 0. The van der Waals surface area contributed by atoms with Crippen molar-refractivity contribution in [1.29, 1.82) is 0 Å². The molecule has 0 spiro atoms. The SMILES string of the molecule is CCCOc1ccc(OCc2ccc(C3CCC(CC)CO3)cc2)c(F)c1F. The van der Waals surface area contributed by atoms with Crippen LogP contribution in [-0.4, -0.2) is 13.2 Å². The van der Waals surface area contributed by atoms with Crippen molar-refractivity contribution in [2.75, 3.05) is 13.2 Å². The maximum absolute atomic E-state index is 14.2. The number of rotatable bonds is 8. The van der Waals surface area contributed by atoms with Crippen LogP contribution in [0.4, 0.5) is 8.78 Å². The second kappa shape index (κ2) is 9.87. The Labute approximate surface area is 165 Å². The molecule has 3 rings (SSSR count). The van der Waals surface area contributed by atoms with Gasteiger partial charge in [-0.15, -0.1) is 0 Å². The van der Waals surface area contributed by atoms with Crippen molar-refractivity contribution in [3.05, 3.63) is 59.2 Å². The van der Waals surface area contributed by atoms with E-state index in [1.54, 1.807) is 0 Å². The molecule has 2 unspecified atom stereocenters. The summed E-state index contributed by atoms with van der Waals surface area (Å²) in [6.45, 7) is 5.42. The first-order valence-corrected chi connectivity index (χ1v) is 10.1. The van der Waals surface area contributed by atoms with Gasteiger partial charge in [-0.05, 0) is 48.4 Å². The van der Waals surface area contributed by atoms with Crippen molar-refractivity contribution >= 4 is 0 Å². The average molecular weight is 390 g/mol. The predicted octanol–water partition coefficient (Wildman–Crippen LogP) is 6.21. The van der Waals surface area contributed by atoms with E-state index in [0.717, 1.165) is 37.0 Å². The molecule has 1 heterocycles. The zero-order valence-corrected chi connectivity index (χ0v) is 16.5. The van der Waals surface area contributed by atoms with Crippen LogP contribution in [0.1, 0.15) is 56.8 Å². The number of halogens is 2. The Hall–Kier alpha value is -2.14. The van der Waals surface area contributed by atoms with E-state index in [2.05, 4.69) is 6.92 Å². The van der Waals surface area contributed by atoms with E-state index >= 15 is 0 Å². The summed E-state index contributed by atoms with van der Waals surface area (Å²) < 4.78 is 44.8. The molecular weight excluding hydrogens is 362 g/mol. The molecule has 5 heteroatoms. The Kier molecular flexibility index (Phi) is 7.26. The van der Waals surface area contributed by atoms with Gasteiger partial charge < -0.3 is 14.2 Å². The lowest BCUT2D eigenvalue weighted by Gasteiger charge is -2.28. The van der Waals surface area contributed by atoms with Gasteiger partial charge in [-0.2, -0.15) is 8.78 Å². The lowest BCUT2D eigenvalue weighted by Crippen LogP contribution is -2.20. The number of hydrogen-bond donors (Lipinski definition) is 0. The standard InChI is InChI=1S/C23H28F2O3/c1-3-13-26-20-11-12-21(23(25)22(20)24)28-15-17-5-8-18(9-6-17)19-10-7-16(4-2)14-27-19/h5-6,8-9,11-12,16,19H,3-4,7,10,13-15H2,1-2H3. The first-order valence-electron chi connectivity index (χ1n) is 10.1. The quantitative estimate of drug-likeness (QED) is 0.536. The van der Waals surface area contributed by atoms with E-state index in [4.69, 9.17) is 14.2 Å². The monoisotopic (exact) mass is 390 g/mol. The van der Waals surface area contributed by atoms with Crippen LogP contribution in [0.25, 0.3) is 0 Å². The minimum absolute atomic E-state index is 0.0890. The van der Waals surface area contributed by atoms with Gasteiger partial charge >= 0.3 is 0 Å². The van der Waals surface area contributed by atoms with Crippen LogP contribution in [0.15, 0.2) is 36.4 Å². The van der Waals surface area contributed by atoms with Crippen molar-refractivity contribution in [1.82, 2.24) is 0 Å². The molecule has 2 aromatic rings. The van der Waals surface area contributed by atoms with Gasteiger partial charge in [0.05, 0.1) is 19.3 Å². The number of benzene rings is 2. The summed E-state index contributed by atoms with van der Waals surface area (Å²) >= 11 is 0. The van der Waals surface area contributed by atoms with Gasteiger partial charge in [-0.25, -0.2) is 0 Å². The van der Waals surface area contributed by atoms with Gasteiger partial charge in [0.2, 0.25) is 11.6 Å².